The lowest BCUT2D eigenvalue weighted by Crippen LogP contribution is -2.33. The third-order valence-electron chi connectivity index (χ3n) is 3.86. The zero-order valence-corrected chi connectivity index (χ0v) is 15.5. The molecule has 0 saturated heterocycles. The molecule has 0 fully saturated rings. The molecule has 1 atom stereocenters. The average Bonchev–Trinajstić information content (AvgIpc) is 2.60. The molecule has 134 valence electrons. The minimum Gasteiger partial charge on any atom is -0.473 e. The van der Waals surface area contributed by atoms with Gasteiger partial charge in [-0.15, -0.1) is 6.58 Å². The Bertz CT molecular complexity index is 660. The van der Waals surface area contributed by atoms with Gasteiger partial charge in [-0.25, -0.2) is 4.98 Å². The zero-order chi connectivity index (χ0) is 18.1. The van der Waals surface area contributed by atoms with E-state index >= 15 is 0 Å². The lowest BCUT2D eigenvalue weighted by Gasteiger charge is -2.24. The first-order valence-electron chi connectivity index (χ1n) is 8.80. The van der Waals surface area contributed by atoms with E-state index in [9.17, 15) is 0 Å². The maximum Gasteiger partial charge on any atom is 0.217 e. The Kier molecular flexibility index (Phi) is 7.54. The van der Waals surface area contributed by atoms with Gasteiger partial charge in [0, 0.05) is 43.7 Å². The number of allylic oxidation sites excluding steroid dienone is 1. The van der Waals surface area contributed by atoms with E-state index in [0.717, 1.165) is 43.9 Å². The molecule has 25 heavy (non-hydrogen) atoms. The summed E-state index contributed by atoms with van der Waals surface area (Å²) in [6.07, 6.45) is 8.30. The van der Waals surface area contributed by atoms with Crippen molar-refractivity contribution < 1.29 is 4.74 Å². The summed E-state index contributed by atoms with van der Waals surface area (Å²) in [5.74, 6) is 1.48. The number of hydrogen-bond acceptors (Lipinski definition) is 5. The standard InChI is InChI=1S/C20H28N4O/c1-5-7-10-18(15-24(4)14-17-9-8-11-21-13-17)25-20-12-16(3)22-19(6-2)23-20/h5,8-9,11-13,18H,1,6-7,10,14-15H2,2-4H3. The molecule has 0 radical (unpaired) electrons. The van der Waals surface area contributed by atoms with Gasteiger partial charge in [-0.1, -0.05) is 19.1 Å². The summed E-state index contributed by atoms with van der Waals surface area (Å²) in [7, 11) is 2.10. The van der Waals surface area contributed by atoms with Crippen molar-refractivity contribution in [3.8, 4) is 5.88 Å². The van der Waals surface area contributed by atoms with Gasteiger partial charge in [0.15, 0.2) is 0 Å². The molecule has 0 spiro atoms. The highest BCUT2D eigenvalue weighted by Gasteiger charge is 2.15. The van der Waals surface area contributed by atoms with Crippen LogP contribution in [0.2, 0.25) is 0 Å². The van der Waals surface area contributed by atoms with Gasteiger partial charge in [0.1, 0.15) is 11.9 Å². The van der Waals surface area contributed by atoms with Crippen LogP contribution < -0.4 is 4.74 Å². The molecule has 2 aromatic heterocycles. The van der Waals surface area contributed by atoms with E-state index < -0.39 is 0 Å². The fourth-order valence-electron chi connectivity index (χ4n) is 2.69. The van der Waals surface area contributed by atoms with Crippen LogP contribution in [0.3, 0.4) is 0 Å². The molecular formula is C20H28N4O. The highest BCUT2D eigenvalue weighted by Crippen LogP contribution is 2.15. The Hall–Kier alpha value is -2.27. The summed E-state index contributed by atoms with van der Waals surface area (Å²) in [6, 6.07) is 5.95. The van der Waals surface area contributed by atoms with E-state index in [1.165, 1.54) is 5.56 Å². The van der Waals surface area contributed by atoms with Gasteiger partial charge in [0.25, 0.3) is 0 Å². The third-order valence-corrected chi connectivity index (χ3v) is 3.86. The number of aryl methyl sites for hydroxylation is 2. The molecule has 0 aliphatic carbocycles. The Morgan fingerprint density at radius 3 is 2.88 bits per heavy atom. The van der Waals surface area contributed by atoms with Crippen LogP contribution >= 0.6 is 0 Å². The lowest BCUT2D eigenvalue weighted by molar-refractivity contribution is 0.131. The van der Waals surface area contributed by atoms with Crippen LogP contribution in [-0.2, 0) is 13.0 Å². The molecule has 0 aromatic carbocycles. The molecule has 1 unspecified atom stereocenters. The monoisotopic (exact) mass is 340 g/mol. The maximum absolute atomic E-state index is 6.19. The van der Waals surface area contributed by atoms with Crippen LogP contribution in [0.5, 0.6) is 5.88 Å². The fourth-order valence-corrected chi connectivity index (χ4v) is 2.69. The molecule has 5 heteroatoms. The van der Waals surface area contributed by atoms with E-state index in [1.54, 1.807) is 6.20 Å². The maximum atomic E-state index is 6.19. The van der Waals surface area contributed by atoms with Crippen LogP contribution in [0.15, 0.2) is 43.2 Å². The van der Waals surface area contributed by atoms with Gasteiger partial charge in [-0.05, 0) is 38.4 Å². The number of likely N-dealkylation sites (N-methyl/N-ethyl adjacent to an activating group) is 1. The summed E-state index contributed by atoms with van der Waals surface area (Å²) >= 11 is 0. The predicted octanol–water partition coefficient (Wildman–Crippen LogP) is 3.59. The molecule has 0 N–H and O–H groups in total. The van der Waals surface area contributed by atoms with E-state index in [2.05, 4.69) is 46.5 Å². The largest absolute Gasteiger partial charge is 0.473 e. The Morgan fingerprint density at radius 1 is 1.36 bits per heavy atom. The van der Waals surface area contributed by atoms with E-state index in [-0.39, 0.29) is 6.10 Å². The van der Waals surface area contributed by atoms with E-state index in [1.807, 2.05) is 31.3 Å². The molecule has 0 saturated carbocycles. The number of hydrogen-bond donors (Lipinski definition) is 0. The topological polar surface area (TPSA) is 51.1 Å². The minimum absolute atomic E-state index is 0.0543. The summed E-state index contributed by atoms with van der Waals surface area (Å²) in [6.45, 7) is 9.50. The second-order valence-corrected chi connectivity index (χ2v) is 6.28. The Labute approximate surface area is 150 Å². The predicted molar refractivity (Wildman–Crippen MR) is 101 cm³/mol. The molecule has 5 nitrogen and oxygen atoms in total. The Balaban J connectivity index is 2.02. The van der Waals surface area contributed by atoms with Crippen LogP contribution in [0.25, 0.3) is 0 Å². The number of ether oxygens (including phenoxy) is 1. The van der Waals surface area contributed by atoms with Gasteiger partial charge in [0.2, 0.25) is 5.88 Å². The fraction of sp³-hybridized carbons (Fsp3) is 0.450. The lowest BCUT2D eigenvalue weighted by atomic mass is 10.1. The van der Waals surface area contributed by atoms with Crippen LogP contribution in [0.1, 0.15) is 36.8 Å². The number of nitrogens with zero attached hydrogens (tertiary/aromatic N) is 4. The SMILES string of the molecule is C=CCCC(CN(C)Cc1cccnc1)Oc1cc(C)nc(CC)n1. The smallest absolute Gasteiger partial charge is 0.217 e. The van der Waals surface area contributed by atoms with Crippen molar-refractivity contribution in [1.82, 2.24) is 19.9 Å². The van der Waals surface area contributed by atoms with E-state index in [0.29, 0.717) is 5.88 Å². The first-order valence-corrected chi connectivity index (χ1v) is 8.80. The summed E-state index contributed by atoms with van der Waals surface area (Å²) < 4.78 is 6.19. The summed E-state index contributed by atoms with van der Waals surface area (Å²) in [4.78, 5) is 15.3. The third kappa shape index (κ3) is 6.63. The molecule has 0 bridgehead atoms. The quantitative estimate of drug-likeness (QED) is 0.619. The van der Waals surface area contributed by atoms with Crippen molar-refractivity contribution in [1.29, 1.82) is 0 Å². The van der Waals surface area contributed by atoms with Crippen LogP contribution in [0, 0.1) is 6.92 Å². The molecule has 2 heterocycles. The van der Waals surface area contributed by atoms with Gasteiger partial charge in [-0.3, -0.25) is 9.88 Å². The minimum atomic E-state index is 0.0543. The molecule has 0 aliphatic heterocycles. The van der Waals surface area contributed by atoms with Gasteiger partial charge >= 0.3 is 0 Å². The van der Waals surface area contributed by atoms with Crippen molar-refractivity contribution in [2.45, 2.75) is 45.8 Å². The molecule has 0 aliphatic rings. The van der Waals surface area contributed by atoms with Gasteiger partial charge < -0.3 is 4.74 Å². The zero-order valence-electron chi connectivity index (χ0n) is 15.5. The number of pyridine rings is 1. The summed E-state index contributed by atoms with van der Waals surface area (Å²) in [5, 5.41) is 0. The van der Waals surface area contributed by atoms with E-state index in [4.69, 9.17) is 4.74 Å². The second-order valence-electron chi connectivity index (χ2n) is 6.28. The van der Waals surface area contributed by atoms with Crippen molar-refractivity contribution in [3.05, 3.63) is 60.3 Å². The molecule has 2 aromatic rings. The van der Waals surface area contributed by atoms with Crippen molar-refractivity contribution >= 4 is 0 Å². The first-order chi connectivity index (χ1) is 12.1. The molecule has 2 rings (SSSR count). The van der Waals surface area contributed by atoms with Crippen molar-refractivity contribution in [2.24, 2.45) is 0 Å². The van der Waals surface area contributed by atoms with Gasteiger partial charge in [-0.2, -0.15) is 4.98 Å². The summed E-state index contributed by atoms with van der Waals surface area (Å²) in [5.41, 5.74) is 2.13. The van der Waals surface area contributed by atoms with Gasteiger partial charge in [0.05, 0.1) is 0 Å². The second kappa shape index (κ2) is 9.89. The highest BCUT2D eigenvalue weighted by atomic mass is 16.5. The average molecular weight is 340 g/mol. The molecule has 0 amide bonds. The normalized spacial score (nSPS) is 12.2. The first kappa shape index (κ1) is 19.1. The van der Waals surface area contributed by atoms with Crippen molar-refractivity contribution in [2.75, 3.05) is 13.6 Å². The number of rotatable bonds is 10. The molecular weight excluding hydrogens is 312 g/mol. The van der Waals surface area contributed by atoms with Crippen LogP contribution in [-0.4, -0.2) is 39.5 Å². The highest BCUT2D eigenvalue weighted by molar-refractivity contribution is 5.16. The number of aromatic nitrogens is 3. The Morgan fingerprint density at radius 2 is 2.20 bits per heavy atom. The van der Waals surface area contributed by atoms with Crippen LogP contribution in [0.4, 0.5) is 0 Å². The van der Waals surface area contributed by atoms with Crippen molar-refractivity contribution in [3.63, 3.8) is 0 Å².